The van der Waals surface area contributed by atoms with Crippen molar-refractivity contribution in [3.8, 4) is 0 Å². The minimum Gasteiger partial charge on any atom is -0.396 e. The van der Waals surface area contributed by atoms with Gasteiger partial charge in [0, 0.05) is 17.7 Å². The summed E-state index contributed by atoms with van der Waals surface area (Å²) in [6, 6.07) is 4.12. The Kier molecular flexibility index (Phi) is 4.23. The number of hydrogen-bond acceptors (Lipinski definition) is 3. The van der Waals surface area contributed by atoms with Gasteiger partial charge in [-0.1, -0.05) is 19.3 Å². The number of anilines is 1. The molecule has 2 rings (SSSR count). The molecule has 0 radical (unpaired) electrons. The van der Waals surface area contributed by atoms with Gasteiger partial charge in [-0.2, -0.15) is 0 Å². The number of rotatable bonds is 4. The molecule has 1 heterocycles. The molecule has 3 heteroatoms. The minimum absolute atomic E-state index is 0.0789. The van der Waals surface area contributed by atoms with Crippen LogP contribution in [0, 0.1) is 19.3 Å². The molecule has 0 spiro atoms. The van der Waals surface area contributed by atoms with Crippen molar-refractivity contribution in [3.05, 3.63) is 23.5 Å². The molecule has 1 aliphatic rings. The van der Waals surface area contributed by atoms with E-state index in [4.69, 9.17) is 0 Å². The largest absolute Gasteiger partial charge is 0.396 e. The van der Waals surface area contributed by atoms with Crippen LogP contribution in [0.4, 0.5) is 5.69 Å². The molecule has 0 saturated heterocycles. The Balaban J connectivity index is 2.01. The lowest BCUT2D eigenvalue weighted by Gasteiger charge is -2.36. The van der Waals surface area contributed by atoms with E-state index in [2.05, 4.69) is 16.4 Å². The van der Waals surface area contributed by atoms with Gasteiger partial charge in [-0.05, 0) is 38.8 Å². The fourth-order valence-corrected chi connectivity index (χ4v) is 2.85. The maximum atomic E-state index is 9.68. The maximum absolute atomic E-state index is 9.68. The van der Waals surface area contributed by atoms with Gasteiger partial charge in [0.25, 0.3) is 0 Å². The number of pyridine rings is 1. The topological polar surface area (TPSA) is 45.1 Å². The third kappa shape index (κ3) is 3.02. The van der Waals surface area contributed by atoms with Crippen LogP contribution in [0.3, 0.4) is 0 Å². The van der Waals surface area contributed by atoms with Crippen LogP contribution in [-0.2, 0) is 0 Å². The highest BCUT2D eigenvalue weighted by atomic mass is 16.3. The summed E-state index contributed by atoms with van der Waals surface area (Å²) in [5.74, 6) is 0. The van der Waals surface area contributed by atoms with E-state index in [-0.39, 0.29) is 5.41 Å². The first-order chi connectivity index (χ1) is 8.65. The molecule has 0 bridgehead atoms. The Morgan fingerprint density at radius 3 is 2.56 bits per heavy atom. The van der Waals surface area contributed by atoms with E-state index >= 15 is 0 Å². The molecule has 1 aliphatic carbocycles. The molecule has 2 N–H and O–H groups in total. The highest BCUT2D eigenvalue weighted by Gasteiger charge is 2.31. The summed E-state index contributed by atoms with van der Waals surface area (Å²) in [5.41, 5.74) is 3.26. The van der Waals surface area contributed by atoms with E-state index in [9.17, 15) is 5.11 Å². The molecule has 0 unspecified atom stereocenters. The third-order valence-corrected chi connectivity index (χ3v) is 4.13. The number of aliphatic hydroxyl groups excluding tert-OH is 1. The highest BCUT2D eigenvalue weighted by molar-refractivity contribution is 5.47. The van der Waals surface area contributed by atoms with Gasteiger partial charge in [-0.25, -0.2) is 0 Å². The molecule has 1 fully saturated rings. The van der Waals surface area contributed by atoms with Crippen molar-refractivity contribution < 1.29 is 5.11 Å². The first kappa shape index (κ1) is 13.3. The van der Waals surface area contributed by atoms with E-state index in [1.54, 1.807) is 0 Å². The zero-order chi connectivity index (χ0) is 13.0. The smallest absolute Gasteiger partial charge is 0.0606 e. The van der Waals surface area contributed by atoms with Crippen molar-refractivity contribution in [2.24, 2.45) is 5.41 Å². The summed E-state index contributed by atoms with van der Waals surface area (Å²) in [7, 11) is 0. The number of hydrogen-bond donors (Lipinski definition) is 2. The molecule has 0 aliphatic heterocycles. The zero-order valence-corrected chi connectivity index (χ0v) is 11.5. The van der Waals surface area contributed by atoms with Gasteiger partial charge < -0.3 is 10.4 Å². The first-order valence-electron chi connectivity index (χ1n) is 6.94. The molecule has 1 aromatic rings. The lowest BCUT2D eigenvalue weighted by molar-refractivity contribution is 0.0944. The van der Waals surface area contributed by atoms with Crippen LogP contribution in [0.1, 0.15) is 43.5 Å². The summed E-state index contributed by atoms with van der Waals surface area (Å²) >= 11 is 0. The van der Waals surface area contributed by atoms with Crippen molar-refractivity contribution in [2.45, 2.75) is 46.0 Å². The van der Waals surface area contributed by atoms with Gasteiger partial charge in [-0.3, -0.25) is 4.98 Å². The second kappa shape index (κ2) is 5.70. The summed E-state index contributed by atoms with van der Waals surface area (Å²) in [4.78, 5) is 4.46. The van der Waals surface area contributed by atoms with Crippen LogP contribution < -0.4 is 5.32 Å². The molecule has 18 heavy (non-hydrogen) atoms. The Hall–Kier alpha value is -1.09. The fraction of sp³-hybridized carbons (Fsp3) is 0.667. The molecular formula is C15H24N2O. The maximum Gasteiger partial charge on any atom is 0.0606 e. The molecule has 3 nitrogen and oxygen atoms in total. The lowest BCUT2D eigenvalue weighted by Crippen LogP contribution is -2.35. The van der Waals surface area contributed by atoms with E-state index in [1.165, 1.54) is 19.3 Å². The van der Waals surface area contributed by atoms with Gasteiger partial charge >= 0.3 is 0 Å². The molecular weight excluding hydrogens is 224 g/mol. The lowest BCUT2D eigenvalue weighted by atomic mass is 9.74. The van der Waals surface area contributed by atoms with Gasteiger partial charge in [0.2, 0.25) is 0 Å². The number of aryl methyl sites for hydroxylation is 2. The van der Waals surface area contributed by atoms with E-state index in [1.807, 2.05) is 19.9 Å². The van der Waals surface area contributed by atoms with Crippen molar-refractivity contribution in [3.63, 3.8) is 0 Å². The molecule has 0 amide bonds. The van der Waals surface area contributed by atoms with Gasteiger partial charge in [0.05, 0.1) is 18.0 Å². The van der Waals surface area contributed by atoms with Gasteiger partial charge in [0.1, 0.15) is 0 Å². The summed E-state index contributed by atoms with van der Waals surface area (Å²) in [6.07, 6.45) is 6.07. The fourth-order valence-electron chi connectivity index (χ4n) is 2.85. The third-order valence-electron chi connectivity index (χ3n) is 4.13. The number of nitrogens with one attached hydrogen (secondary N) is 1. The van der Waals surface area contributed by atoms with Crippen molar-refractivity contribution >= 4 is 5.69 Å². The van der Waals surface area contributed by atoms with Crippen molar-refractivity contribution in [1.29, 1.82) is 0 Å². The van der Waals surface area contributed by atoms with Crippen molar-refractivity contribution in [2.75, 3.05) is 18.5 Å². The molecule has 1 aromatic heterocycles. The van der Waals surface area contributed by atoms with Crippen LogP contribution in [0.25, 0.3) is 0 Å². The summed E-state index contributed by atoms with van der Waals surface area (Å²) in [6.45, 7) is 5.18. The molecule has 1 saturated carbocycles. The SMILES string of the molecule is Cc1ccc(NCC2(CO)CCCCC2)c(C)n1. The predicted octanol–water partition coefficient (Wildman–Crippen LogP) is 3.05. The number of aliphatic hydroxyl groups is 1. The Bertz CT molecular complexity index is 397. The molecule has 100 valence electrons. The average Bonchev–Trinajstić information content (AvgIpc) is 2.39. The summed E-state index contributed by atoms with van der Waals surface area (Å²) < 4.78 is 0. The van der Waals surface area contributed by atoms with Crippen LogP contribution in [-0.4, -0.2) is 23.2 Å². The van der Waals surface area contributed by atoms with Gasteiger partial charge in [0.15, 0.2) is 0 Å². The van der Waals surface area contributed by atoms with Crippen molar-refractivity contribution in [1.82, 2.24) is 4.98 Å². The van der Waals surface area contributed by atoms with E-state index in [0.29, 0.717) is 6.61 Å². The number of nitrogens with zero attached hydrogens (tertiary/aromatic N) is 1. The minimum atomic E-state index is 0.0789. The van der Waals surface area contributed by atoms with E-state index in [0.717, 1.165) is 36.5 Å². The Morgan fingerprint density at radius 2 is 1.94 bits per heavy atom. The van der Waals surface area contributed by atoms with Gasteiger partial charge in [-0.15, -0.1) is 0 Å². The monoisotopic (exact) mass is 248 g/mol. The normalized spacial score (nSPS) is 18.6. The van der Waals surface area contributed by atoms with E-state index < -0.39 is 0 Å². The second-order valence-corrected chi connectivity index (χ2v) is 5.66. The van der Waals surface area contributed by atoms with Crippen LogP contribution in [0.2, 0.25) is 0 Å². The Morgan fingerprint density at radius 1 is 1.22 bits per heavy atom. The Labute approximate surface area is 110 Å². The second-order valence-electron chi connectivity index (χ2n) is 5.66. The highest BCUT2D eigenvalue weighted by Crippen LogP contribution is 2.36. The quantitative estimate of drug-likeness (QED) is 0.861. The van der Waals surface area contributed by atoms with Crippen LogP contribution in [0.5, 0.6) is 0 Å². The molecule has 0 aromatic carbocycles. The van der Waals surface area contributed by atoms with Crippen LogP contribution >= 0.6 is 0 Å². The first-order valence-corrected chi connectivity index (χ1v) is 6.94. The summed E-state index contributed by atoms with van der Waals surface area (Å²) in [5, 5.41) is 13.2. The number of aromatic nitrogens is 1. The molecule has 0 atom stereocenters. The van der Waals surface area contributed by atoms with Crippen LogP contribution in [0.15, 0.2) is 12.1 Å². The average molecular weight is 248 g/mol. The standard InChI is InChI=1S/C15H24N2O/c1-12-6-7-14(13(2)17-12)16-10-15(11-18)8-4-3-5-9-15/h6-7,16,18H,3-5,8-11H2,1-2H3. The predicted molar refractivity (Wildman–Crippen MR) is 74.8 cm³/mol. The zero-order valence-electron chi connectivity index (χ0n) is 11.5.